The van der Waals surface area contributed by atoms with E-state index in [0.29, 0.717) is 25.3 Å². The van der Waals surface area contributed by atoms with Gasteiger partial charge in [0, 0.05) is 25.6 Å². The van der Waals surface area contributed by atoms with Gasteiger partial charge >= 0.3 is 6.61 Å². The molecule has 2 N–H and O–H groups in total. The molecule has 0 aromatic heterocycles. The molecule has 0 saturated carbocycles. The Hall–Kier alpha value is -1.35. The van der Waals surface area contributed by atoms with Crippen LogP contribution in [0.5, 0.6) is 0 Å². The fourth-order valence-corrected chi connectivity index (χ4v) is 2.58. The molecule has 0 spiro atoms. The van der Waals surface area contributed by atoms with Gasteiger partial charge in [-0.05, 0) is 17.7 Å². The fraction of sp³-hybridized carbons (Fsp3) is 0.533. The number of ether oxygens (including phenoxy) is 2. The van der Waals surface area contributed by atoms with Crippen molar-refractivity contribution in [1.29, 1.82) is 0 Å². The van der Waals surface area contributed by atoms with E-state index in [4.69, 9.17) is 16.3 Å². The van der Waals surface area contributed by atoms with Crippen LogP contribution in [-0.2, 0) is 14.3 Å². The third-order valence-corrected chi connectivity index (χ3v) is 3.89. The summed E-state index contributed by atoms with van der Waals surface area (Å²) in [5.74, 6) is -1.41. The van der Waals surface area contributed by atoms with Gasteiger partial charge in [-0.15, -0.1) is 0 Å². The molecule has 0 aliphatic carbocycles. The van der Waals surface area contributed by atoms with Crippen molar-refractivity contribution in [1.82, 2.24) is 10.6 Å². The van der Waals surface area contributed by atoms with Crippen molar-refractivity contribution >= 4 is 17.5 Å². The highest BCUT2D eigenvalue weighted by molar-refractivity contribution is 6.30. The van der Waals surface area contributed by atoms with Crippen LogP contribution in [-0.4, -0.2) is 45.4 Å². The average Bonchev–Trinajstić information content (AvgIpc) is 2.79. The Labute approximate surface area is 142 Å². The standard InChI is InChI=1S/C15H18ClF3N2O3/c16-11-2-1-9(5-12(11)17)14-10(6-20-3-4-23-14)7-21-13(22)8-24-15(18)19/h1-2,5,10,14-15,20H,3-4,6-8H2,(H,21,22)/t10-,14-/m0/s1. The second-order valence-corrected chi connectivity index (χ2v) is 5.71. The van der Waals surface area contributed by atoms with Crippen molar-refractivity contribution < 1.29 is 27.4 Å². The molecule has 1 aromatic carbocycles. The Balaban J connectivity index is 2.01. The van der Waals surface area contributed by atoms with Crippen LogP contribution in [0.3, 0.4) is 0 Å². The van der Waals surface area contributed by atoms with E-state index >= 15 is 0 Å². The van der Waals surface area contributed by atoms with Crippen LogP contribution >= 0.6 is 11.6 Å². The normalized spacial score (nSPS) is 21.5. The van der Waals surface area contributed by atoms with E-state index in [2.05, 4.69) is 15.4 Å². The summed E-state index contributed by atoms with van der Waals surface area (Å²) >= 11 is 5.69. The van der Waals surface area contributed by atoms with Crippen LogP contribution in [0.2, 0.25) is 5.02 Å². The Bertz CT molecular complexity index is 563. The molecule has 0 bridgehead atoms. The first kappa shape index (κ1) is 19.0. The maximum atomic E-state index is 13.7. The zero-order valence-corrected chi connectivity index (χ0v) is 13.5. The molecule has 1 aliphatic heterocycles. The minimum atomic E-state index is -3.00. The summed E-state index contributed by atoms with van der Waals surface area (Å²) in [7, 11) is 0. The first-order chi connectivity index (χ1) is 11.5. The van der Waals surface area contributed by atoms with Gasteiger partial charge in [0.15, 0.2) is 0 Å². The first-order valence-corrected chi connectivity index (χ1v) is 7.79. The van der Waals surface area contributed by atoms with Crippen molar-refractivity contribution in [2.45, 2.75) is 12.7 Å². The van der Waals surface area contributed by atoms with Gasteiger partial charge in [0.25, 0.3) is 0 Å². The quantitative estimate of drug-likeness (QED) is 0.809. The number of carbonyl (C=O) groups excluding carboxylic acids is 1. The number of benzene rings is 1. The summed E-state index contributed by atoms with van der Waals surface area (Å²) in [6.45, 7) is -1.99. The van der Waals surface area contributed by atoms with Crippen molar-refractivity contribution in [2.75, 3.05) is 32.8 Å². The largest absolute Gasteiger partial charge is 0.372 e. The number of hydrogen-bond acceptors (Lipinski definition) is 4. The van der Waals surface area contributed by atoms with Crippen LogP contribution in [0, 0.1) is 11.7 Å². The summed E-state index contributed by atoms with van der Waals surface area (Å²) in [5, 5.41) is 5.69. The van der Waals surface area contributed by atoms with E-state index in [1.807, 2.05) is 0 Å². The van der Waals surface area contributed by atoms with Gasteiger partial charge in [0.1, 0.15) is 12.4 Å². The maximum absolute atomic E-state index is 13.7. The molecule has 1 aliphatic rings. The molecule has 2 atom stereocenters. The third kappa shape index (κ3) is 5.62. The minimum Gasteiger partial charge on any atom is -0.372 e. The zero-order valence-electron chi connectivity index (χ0n) is 12.7. The molecule has 9 heteroatoms. The minimum absolute atomic E-state index is 0.0134. The van der Waals surface area contributed by atoms with Gasteiger partial charge in [-0.2, -0.15) is 8.78 Å². The van der Waals surface area contributed by atoms with E-state index in [9.17, 15) is 18.0 Å². The lowest BCUT2D eigenvalue weighted by Gasteiger charge is -2.25. The lowest BCUT2D eigenvalue weighted by atomic mass is 9.95. The first-order valence-electron chi connectivity index (χ1n) is 7.41. The van der Waals surface area contributed by atoms with E-state index in [-0.39, 0.29) is 17.5 Å². The molecule has 134 valence electrons. The molecular formula is C15H18ClF3N2O3. The highest BCUT2D eigenvalue weighted by Crippen LogP contribution is 2.29. The number of halogens is 4. The van der Waals surface area contributed by atoms with Gasteiger partial charge < -0.3 is 20.1 Å². The molecule has 0 radical (unpaired) electrons. The maximum Gasteiger partial charge on any atom is 0.345 e. The predicted octanol–water partition coefficient (Wildman–Crippen LogP) is 2.11. The van der Waals surface area contributed by atoms with Crippen LogP contribution in [0.25, 0.3) is 0 Å². The van der Waals surface area contributed by atoms with Crippen molar-refractivity contribution in [3.05, 3.63) is 34.6 Å². The molecule has 2 rings (SSSR count). The van der Waals surface area contributed by atoms with Gasteiger partial charge in [-0.1, -0.05) is 17.7 Å². The second kappa shape index (κ2) is 9.22. The summed E-state index contributed by atoms with van der Waals surface area (Å²) in [6, 6.07) is 4.41. The van der Waals surface area contributed by atoms with E-state index in [1.54, 1.807) is 6.07 Å². The number of nitrogens with one attached hydrogen (secondary N) is 2. The topological polar surface area (TPSA) is 59.6 Å². The van der Waals surface area contributed by atoms with Gasteiger partial charge in [-0.25, -0.2) is 4.39 Å². The number of amides is 1. The van der Waals surface area contributed by atoms with Crippen molar-refractivity contribution in [3.8, 4) is 0 Å². The lowest BCUT2D eigenvalue weighted by Crippen LogP contribution is -2.38. The Morgan fingerprint density at radius 2 is 2.29 bits per heavy atom. The SMILES string of the molecule is O=C(COC(F)F)NC[C@@H]1CNCCO[C@H]1c1ccc(Cl)c(F)c1. The molecule has 1 amide bonds. The third-order valence-electron chi connectivity index (χ3n) is 3.58. The average molecular weight is 367 g/mol. The van der Waals surface area contributed by atoms with Crippen molar-refractivity contribution in [3.63, 3.8) is 0 Å². The Morgan fingerprint density at radius 3 is 3.00 bits per heavy atom. The lowest BCUT2D eigenvalue weighted by molar-refractivity contribution is -0.152. The molecule has 0 unspecified atom stereocenters. The summed E-state index contributed by atoms with van der Waals surface area (Å²) in [5.41, 5.74) is 0.601. The predicted molar refractivity (Wildman–Crippen MR) is 81.4 cm³/mol. The number of hydrogen-bond donors (Lipinski definition) is 2. The molecule has 1 saturated heterocycles. The molecular weight excluding hydrogens is 349 g/mol. The van der Waals surface area contributed by atoms with Crippen LogP contribution in [0.15, 0.2) is 18.2 Å². The molecule has 1 fully saturated rings. The van der Waals surface area contributed by atoms with Gasteiger partial charge in [0.05, 0.1) is 17.7 Å². The number of carbonyl (C=O) groups is 1. The molecule has 24 heavy (non-hydrogen) atoms. The fourth-order valence-electron chi connectivity index (χ4n) is 2.46. The van der Waals surface area contributed by atoms with Gasteiger partial charge in [-0.3, -0.25) is 4.79 Å². The van der Waals surface area contributed by atoms with Crippen LogP contribution < -0.4 is 10.6 Å². The van der Waals surface area contributed by atoms with Crippen molar-refractivity contribution in [2.24, 2.45) is 5.92 Å². The van der Waals surface area contributed by atoms with Crippen LogP contribution in [0.1, 0.15) is 11.7 Å². The second-order valence-electron chi connectivity index (χ2n) is 5.30. The number of alkyl halides is 2. The molecule has 1 aromatic rings. The smallest absolute Gasteiger partial charge is 0.345 e. The highest BCUT2D eigenvalue weighted by Gasteiger charge is 2.27. The van der Waals surface area contributed by atoms with Crippen LogP contribution in [0.4, 0.5) is 13.2 Å². The van der Waals surface area contributed by atoms with E-state index in [0.717, 1.165) is 0 Å². The zero-order chi connectivity index (χ0) is 17.5. The molecule has 1 heterocycles. The van der Waals surface area contributed by atoms with E-state index in [1.165, 1.54) is 12.1 Å². The summed E-state index contributed by atoms with van der Waals surface area (Å²) in [4.78, 5) is 11.5. The highest BCUT2D eigenvalue weighted by atomic mass is 35.5. The molecule has 5 nitrogen and oxygen atoms in total. The summed E-state index contributed by atoms with van der Waals surface area (Å²) in [6.07, 6.45) is -0.455. The Kier molecular flexibility index (Phi) is 7.29. The number of rotatable bonds is 6. The Morgan fingerprint density at radius 1 is 1.50 bits per heavy atom. The summed E-state index contributed by atoms with van der Waals surface area (Å²) < 4.78 is 47.2. The van der Waals surface area contributed by atoms with E-state index < -0.39 is 31.0 Å². The van der Waals surface area contributed by atoms with Gasteiger partial charge in [0.2, 0.25) is 5.91 Å². The monoisotopic (exact) mass is 366 g/mol.